The van der Waals surface area contributed by atoms with Crippen LogP contribution in [0, 0.1) is 0 Å². The van der Waals surface area contributed by atoms with Gasteiger partial charge in [-0.25, -0.2) is 0 Å². The summed E-state index contributed by atoms with van der Waals surface area (Å²) in [7, 11) is 0.348. The fourth-order valence-electron chi connectivity index (χ4n) is 2.12. The second-order valence-corrected chi connectivity index (χ2v) is 6.66. The highest BCUT2D eigenvalue weighted by atomic mass is 31.1. The van der Waals surface area contributed by atoms with Gasteiger partial charge < -0.3 is 0 Å². The molecule has 1 aliphatic heterocycles. The molecular formula is C12H20BP. The molecule has 2 atom stereocenters. The van der Waals surface area contributed by atoms with Gasteiger partial charge in [-0.2, -0.15) is 0 Å². The summed E-state index contributed by atoms with van der Waals surface area (Å²) in [6.07, 6.45) is 5.77. The first-order valence-corrected chi connectivity index (χ1v) is 7.15. The van der Waals surface area contributed by atoms with Gasteiger partial charge in [0.05, 0.1) is 8.41 Å². The second kappa shape index (κ2) is 5.56. The van der Waals surface area contributed by atoms with Gasteiger partial charge in [0.1, 0.15) is 0 Å². The number of rotatable bonds is 2. The number of hydrogen-bond donors (Lipinski definition) is 0. The van der Waals surface area contributed by atoms with Crippen molar-refractivity contribution in [2.24, 2.45) is 0 Å². The Hall–Kier alpha value is -0.285. The van der Waals surface area contributed by atoms with Crippen molar-refractivity contribution in [3.8, 4) is 0 Å². The van der Waals surface area contributed by atoms with Crippen molar-refractivity contribution in [1.82, 2.24) is 0 Å². The molecule has 2 rings (SSSR count). The fraction of sp³-hybridized carbons (Fsp3) is 0.500. The van der Waals surface area contributed by atoms with E-state index in [1.165, 1.54) is 31.0 Å². The van der Waals surface area contributed by atoms with Crippen LogP contribution in [0.2, 0.25) is 0 Å². The van der Waals surface area contributed by atoms with Gasteiger partial charge in [0.25, 0.3) is 0 Å². The smallest absolute Gasteiger partial charge is 0.0814 e. The van der Waals surface area contributed by atoms with Crippen LogP contribution in [0.15, 0.2) is 30.3 Å². The van der Waals surface area contributed by atoms with Crippen LogP contribution in [0.5, 0.6) is 0 Å². The van der Waals surface area contributed by atoms with Crippen LogP contribution < -0.4 is 0 Å². The molecule has 2 heteroatoms. The van der Waals surface area contributed by atoms with Crippen molar-refractivity contribution >= 4 is 16.3 Å². The topological polar surface area (TPSA) is 0 Å². The molecule has 1 fully saturated rings. The minimum Gasteiger partial charge on any atom is -0.106 e. The minimum atomic E-state index is 0. The molecule has 0 unspecified atom stereocenters. The van der Waals surface area contributed by atoms with E-state index in [-0.39, 0.29) is 8.41 Å². The monoisotopic (exact) mass is 206 g/mol. The zero-order chi connectivity index (χ0) is 9.10. The van der Waals surface area contributed by atoms with Gasteiger partial charge in [0.15, 0.2) is 0 Å². The van der Waals surface area contributed by atoms with E-state index in [1.54, 1.807) is 0 Å². The molecule has 0 radical (unpaired) electrons. The summed E-state index contributed by atoms with van der Waals surface area (Å²) in [6.45, 7) is 2.47. The van der Waals surface area contributed by atoms with Crippen molar-refractivity contribution < 1.29 is 0 Å². The lowest BCUT2D eigenvalue weighted by Gasteiger charge is -2.15. The van der Waals surface area contributed by atoms with Gasteiger partial charge in [-0.3, -0.25) is 0 Å². The fourth-order valence-corrected chi connectivity index (χ4v) is 4.32. The predicted octanol–water partition coefficient (Wildman–Crippen LogP) is 2.32. The molecule has 76 valence electrons. The Morgan fingerprint density at radius 2 is 2.00 bits per heavy atom. The molecule has 1 aromatic carbocycles. The zero-order valence-corrected chi connectivity index (χ0v) is 9.13. The summed E-state index contributed by atoms with van der Waals surface area (Å²) in [5.74, 6) is 0. The molecule has 1 saturated heterocycles. The van der Waals surface area contributed by atoms with Crippen LogP contribution in [0.1, 0.15) is 18.4 Å². The number of benzene rings is 1. The molecular weight excluding hydrogens is 186 g/mol. The van der Waals surface area contributed by atoms with Crippen molar-refractivity contribution in [2.45, 2.75) is 24.9 Å². The lowest BCUT2D eigenvalue weighted by molar-refractivity contribution is 0.774. The molecule has 0 saturated carbocycles. The Kier molecular flexibility index (Phi) is 4.68. The lowest BCUT2D eigenvalue weighted by Crippen LogP contribution is -2.03. The van der Waals surface area contributed by atoms with Gasteiger partial charge in [-0.1, -0.05) is 30.3 Å². The van der Waals surface area contributed by atoms with Gasteiger partial charge in [-0.15, -0.1) is 7.92 Å². The van der Waals surface area contributed by atoms with Crippen molar-refractivity contribution in [2.75, 3.05) is 12.8 Å². The first-order chi connectivity index (χ1) is 6.36. The SMILES string of the molecule is B.C[P@]1CCC[C@H]1Cc1ccccc1. The maximum absolute atomic E-state index is 2.47. The summed E-state index contributed by atoms with van der Waals surface area (Å²) in [4.78, 5) is 0. The third-order valence-corrected chi connectivity index (χ3v) is 5.69. The third-order valence-electron chi connectivity index (χ3n) is 2.99. The van der Waals surface area contributed by atoms with Gasteiger partial charge in [0, 0.05) is 0 Å². The molecule has 1 aliphatic rings. The largest absolute Gasteiger partial charge is 0.106 e. The summed E-state index contributed by atoms with van der Waals surface area (Å²) < 4.78 is 0. The van der Waals surface area contributed by atoms with E-state index in [2.05, 4.69) is 37.0 Å². The quantitative estimate of drug-likeness (QED) is 0.514. The third kappa shape index (κ3) is 2.85. The normalized spacial score (nSPS) is 25.8. The summed E-state index contributed by atoms with van der Waals surface area (Å²) in [5, 5.41) is 0. The molecule has 0 N–H and O–H groups in total. The maximum atomic E-state index is 2.47. The average molecular weight is 206 g/mol. The predicted molar refractivity (Wildman–Crippen MR) is 70.8 cm³/mol. The maximum Gasteiger partial charge on any atom is 0.0814 e. The van der Waals surface area contributed by atoms with Crippen LogP contribution in [0.3, 0.4) is 0 Å². The highest BCUT2D eigenvalue weighted by Gasteiger charge is 2.22. The van der Waals surface area contributed by atoms with E-state index in [4.69, 9.17) is 0 Å². The van der Waals surface area contributed by atoms with E-state index >= 15 is 0 Å². The van der Waals surface area contributed by atoms with Crippen molar-refractivity contribution in [3.63, 3.8) is 0 Å². The van der Waals surface area contributed by atoms with Crippen molar-refractivity contribution in [1.29, 1.82) is 0 Å². The summed E-state index contributed by atoms with van der Waals surface area (Å²) in [6, 6.07) is 10.9. The molecule has 1 aromatic rings. The van der Waals surface area contributed by atoms with Gasteiger partial charge in [0.2, 0.25) is 0 Å². The zero-order valence-electron chi connectivity index (χ0n) is 8.24. The molecule has 0 nitrogen and oxygen atoms in total. The minimum absolute atomic E-state index is 0. The first-order valence-electron chi connectivity index (χ1n) is 5.10. The van der Waals surface area contributed by atoms with Crippen LogP contribution in [-0.2, 0) is 6.42 Å². The standard InChI is InChI=1S/C12H17P.BH3/c1-13-9-5-8-12(13)10-11-6-3-2-4-7-11;/h2-4,6-7,12H,5,8-10H2,1H3;1H3/t12-,13+;/m0./s1. The molecule has 14 heavy (non-hydrogen) atoms. The van der Waals surface area contributed by atoms with E-state index in [0.29, 0.717) is 7.92 Å². The first kappa shape index (κ1) is 11.8. The molecule has 0 aliphatic carbocycles. The Balaban J connectivity index is 0.000000980. The van der Waals surface area contributed by atoms with E-state index in [0.717, 1.165) is 5.66 Å². The second-order valence-electron chi connectivity index (χ2n) is 3.97. The Labute approximate surface area is 90.4 Å². The Morgan fingerprint density at radius 3 is 2.57 bits per heavy atom. The Morgan fingerprint density at radius 1 is 1.29 bits per heavy atom. The van der Waals surface area contributed by atoms with E-state index in [1.807, 2.05) is 0 Å². The molecule has 0 amide bonds. The highest BCUT2D eigenvalue weighted by molar-refractivity contribution is 7.57. The molecule has 1 heterocycles. The summed E-state index contributed by atoms with van der Waals surface area (Å²) >= 11 is 0. The molecule has 0 bridgehead atoms. The highest BCUT2D eigenvalue weighted by Crippen LogP contribution is 2.47. The molecule has 0 spiro atoms. The van der Waals surface area contributed by atoms with Gasteiger partial charge in [-0.05, 0) is 43.3 Å². The van der Waals surface area contributed by atoms with Crippen molar-refractivity contribution in [3.05, 3.63) is 35.9 Å². The van der Waals surface area contributed by atoms with Crippen LogP contribution >= 0.6 is 7.92 Å². The number of hydrogen-bond acceptors (Lipinski definition) is 0. The van der Waals surface area contributed by atoms with Crippen LogP contribution in [0.4, 0.5) is 0 Å². The average Bonchev–Trinajstić information content (AvgIpc) is 2.54. The van der Waals surface area contributed by atoms with Crippen LogP contribution in [-0.4, -0.2) is 26.9 Å². The van der Waals surface area contributed by atoms with E-state index < -0.39 is 0 Å². The Bertz CT molecular complexity index is 260. The lowest BCUT2D eigenvalue weighted by atomic mass is 10.1. The summed E-state index contributed by atoms with van der Waals surface area (Å²) in [5.41, 5.74) is 2.54. The molecule has 0 aromatic heterocycles. The van der Waals surface area contributed by atoms with Gasteiger partial charge >= 0.3 is 0 Å². The van der Waals surface area contributed by atoms with E-state index in [9.17, 15) is 0 Å². The van der Waals surface area contributed by atoms with Crippen LogP contribution in [0.25, 0.3) is 0 Å².